The van der Waals surface area contributed by atoms with Crippen LogP contribution in [-0.2, 0) is 9.59 Å². The van der Waals surface area contributed by atoms with E-state index in [0.29, 0.717) is 22.0 Å². The Morgan fingerprint density at radius 3 is 2.38 bits per heavy atom. The molecule has 0 aliphatic heterocycles. The number of benzene rings is 3. The van der Waals surface area contributed by atoms with Gasteiger partial charge in [-0.15, -0.1) is 0 Å². The Morgan fingerprint density at radius 2 is 1.68 bits per heavy atom. The molecule has 0 atom stereocenters. The Bertz CT molecular complexity index is 1370. The number of hydrogen-bond donors (Lipinski definition) is 2. The summed E-state index contributed by atoms with van der Waals surface area (Å²) in [4.78, 5) is 24.4. The maximum absolute atomic E-state index is 12.2. The lowest BCUT2D eigenvalue weighted by Gasteiger charge is -2.05. The Balaban J connectivity index is 1.52. The summed E-state index contributed by atoms with van der Waals surface area (Å²) in [6.45, 7) is 0. The monoisotopic (exact) mass is 555 g/mol. The lowest BCUT2D eigenvalue weighted by molar-refractivity contribution is -0.136. The minimum Gasteiger partial charge on any atom is -0.318 e. The Labute approximate surface area is 213 Å². The quantitative estimate of drug-likeness (QED) is 0.188. The summed E-state index contributed by atoms with van der Waals surface area (Å²) in [5.41, 5.74) is 5.60. The van der Waals surface area contributed by atoms with Crippen LogP contribution in [0.25, 0.3) is 16.9 Å². The molecular formula is C24H16BrCl2N5O2. The van der Waals surface area contributed by atoms with Crippen molar-refractivity contribution in [2.75, 3.05) is 5.32 Å². The van der Waals surface area contributed by atoms with Gasteiger partial charge in [0, 0.05) is 27.5 Å². The average molecular weight is 557 g/mol. The van der Waals surface area contributed by atoms with Crippen LogP contribution in [0.15, 0.2) is 88.6 Å². The number of hydrazone groups is 1. The minimum atomic E-state index is -0.942. The summed E-state index contributed by atoms with van der Waals surface area (Å²) in [5.74, 6) is -1.84. The van der Waals surface area contributed by atoms with Gasteiger partial charge in [0.05, 0.1) is 21.9 Å². The zero-order valence-electron chi connectivity index (χ0n) is 17.4. The predicted octanol–water partition coefficient (Wildman–Crippen LogP) is 5.70. The van der Waals surface area contributed by atoms with Gasteiger partial charge in [0.15, 0.2) is 0 Å². The number of aromatic nitrogens is 2. The van der Waals surface area contributed by atoms with Gasteiger partial charge < -0.3 is 5.32 Å². The van der Waals surface area contributed by atoms with Crippen molar-refractivity contribution in [2.45, 2.75) is 0 Å². The molecule has 0 saturated heterocycles. The number of anilines is 1. The molecule has 2 amide bonds. The van der Waals surface area contributed by atoms with Crippen LogP contribution in [0.1, 0.15) is 5.56 Å². The molecule has 2 N–H and O–H groups in total. The molecule has 3 aromatic carbocycles. The maximum Gasteiger partial charge on any atom is 0.329 e. The van der Waals surface area contributed by atoms with Crippen molar-refractivity contribution >= 4 is 62.8 Å². The molecule has 0 aliphatic carbocycles. The molecule has 10 heteroatoms. The third kappa shape index (κ3) is 5.72. The van der Waals surface area contributed by atoms with Gasteiger partial charge in [-0.3, -0.25) is 9.59 Å². The van der Waals surface area contributed by atoms with Crippen molar-refractivity contribution in [3.63, 3.8) is 0 Å². The van der Waals surface area contributed by atoms with E-state index in [0.717, 1.165) is 15.7 Å². The molecule has 0 radical (unpaired) electrons. The number of nitrogens with one attached hydrogen (secondary N) is 2. The summed E-state index contributed by atoms with van der Waals surface area (Å²) < 4.78 is 2.66. The van der Waals surface area contributed by atoms with Gasteiger partial charge >= 0.3 is 11.8 Å². The highest BCUT2D eigenvalue weighted by atomic mass is 79.9. The Kier molecular flexibility index (Phi) is 7.42. The molecule has 0 unspecified atom stereocenters. The molecule has 0 fully saturated rings. The highest BCUT2D eigenvalue weighted by Gasteiger charge is 2.15. The standard InChI is InChI=1S/C24H16BrCl2N5O2/c25-17-8-6-15(7-9-17)22-16(14-32(31-22)19-4-2-1-3-5-19)13-28-30-24(34)23(33)29-18-10-11-20(26)21(27)12-18/h1-14H,(H,29,33)(H,30,34)/b28-13-. The molecular weight excluding hydrogens is 541 g/mol. The number of carbonyl (C=O) groups is 2. The van der Waals surface area contributed by atoms with Crippen molar-refractivity contribution in [1.29, 1.82) is 0 Å². The molecule has 7 nitrogen and oxygen atoms in total. The first-order valence-electron chi connectivity index (χ1n) is 9.91. The largest absolute Gasteiger partial charge is 0.329 e. The van der Waals surface area contributed by atoms with E-state index in [1.807, 2.05) is 54.6 Å². The van der Waals surface area contributed by atoms with Gasteiger partial charge in [-0.2, -0.15) is 10.2 Å². The molecule has 34 heavy (non-hydrogen) atoms. The van der Waals surface area contributed by atoms with E-state index in [1.165, 1.54) is 24.4 Å². The first-order chi connectivity index (χ1) is 16.4. The van der Waals surface area contributed by atoms with Crippen molar-refractivity contribution in [3.8, 4) is 16.9 Å². The lowest BCUT2D eigenvalue weighted by atomic mass is 10.1. The predicted molar refractivity (Wildman–Crippen MR) is 138 cm³/mol. The number of halogens is 3. The van der Waals surface area contributed by atoms with Gasteiger partial charge in [-0.1, -0.05) is 69.5 Å². The van der Waals surface area contributed by atoms with E-state index in [-0.39, 0.29) is 5.02 Å². The molecule has 0 aliphatic rings. The normalized spacial score (nSPS) is 10.9. The van der Waals surface area contributed by atoms with Crippen LogP contribution in [0.4, 0.5) is 5.69 Å². The molecule has 0 spiro atoms. The van der Waals surface area contributed by atoms with Crippen LogP contribution in [-0.4, -0.2) is 27.8 Å². The zero-order valence-corrected chi connectivity index (χ0v) is 20.5. The fourth-order valence-electron chi connectivity index (χ4n) is 3.00. The third-order valence-electron chi connectivity index (χ3n) is 4.63. The van der Waals surface area contributed by atoms with Crippen LogP contribution < -0.4 is 10.7 Å². The summed E-state index contributed by atoms with van der Waals surface area (Å²) >= 11 is 15.2. The van der Waals surface area contributed by atoms with Gasteiger partial charge in [-0.25, -0.2) is 10.1 Å². The highest BCUT2D eigenvalue weighted by molar-refractivity contribution is 9.10. The molecule has 170 valence electrons. The Morgan fingerprint density at radius 1 is 0.941 bits per heavy atom. The first-order valence-corrected chi connectivity index (χ1v) is 11.5. The number of hydrogen-bond acceptors (Lipinski definition) is 4. The summed E-state index contributed by atoms with van der Waals surface area (Å²) in [6, 6.07) is 21.8. The van der Waals surface area contributed by atoms with Gasteiger partial charge in [0.25, 0.3) is 0 Å². The molecule has 4 rings (SSSR count). The van der Waals surface area contributed by atoms with Gasteiger partial charge in [0.1, 0.15) is 5.69 Å². The van der Waals surface area contributed by atoms with Crippen LogP contribution >= 0.6 is 39.1 Å². The topological polar surface area (TPSA) is 88.4 Å². The van der Waals surface area contributed by atoms with Crippen LogP contribution in [0.5, 0.6) is 0 Å². The van der Waals surface area contributed by atoms with Crippen LogP contribution in [0, 0.1) is 0 Å². The van der Waals surface area contributed by atoms with E-state index in [1.54, 1.807) is 10.9 Å². The van der Waals surface area contributed by atoms with E-state index >= 15 is 0 Å². The van der Waals surface area contributed by atoms with E-state index in [2.05, 4.69) is 36.9 Å². The second-order valence-electron chi connectivity index (χ2n) is 7.00. The average Bonchev–Trinajstić information content (AvgIpc) is 3.26. The second kappa shape index (κ2) is 10.6. The summed E-state index contributed by atoms with van der Waals surface area (Å²) in [6.07, 6.45) is 3.23. The number of carbonyl (C=O) groups excluding carboxylic acids is 2. The molecule has 4 aromatic rings. The lowest BCUT2D eigenvalue weighted by Crippen LogP contribution is -2.32. The van der Waals surface area contributed by atoms with E-state index < -0.39 is 11.8 Å². The van der Waals surface area contributed by atoms with Crippen LogP contribution in [0.3, 0.4) is 0 Å². The minimum absolute atomic E-state index is 0.258. The summed E-state index contributed by atoms with van der Waals surface area (Å²) in [5, 5.41) is 11.7. The number of rotatable bonds is 5. The molecule has 1 heterocycles. The fraction of sp³-hybridized carbons (Fsp3) is 0. The van der Waals surface area contributed by atoms with E-state index in [4.69, 9.17) is 23.2 Å². The van der Waals surface area contributed by atoms with Gasteiger partial charge in [0.2, 0.25) is 0 Å². The summed E-state index contributed by atoms with van der Waals surface area (Å²) in [7, 11) is 0. The second-order valence-corrected chi connectivity index (χ2v) is 8.73. The zero-order chi connectivity index (χ0) is 24.1. The number of para-hydroxylation sites is 1. The van der Waals surface area contributed by atoms with Crippen molar-refractivity contribution in [3.05, 3.63) is 99.1 Å². The Hall–Kier alpha value is -3.46. The van der Waals surface area contributed by atoms with Gasteiger partial charge in [-0.05, 0) is 42.5 Å². The van der Waals surface area contributed by atoms with Crippen molar-refractivity contribution in [2.24, 2.45) is 5.10 Å². The smallest absolute Gasteiger partial charge is 0.318 e. The van der Waals surface area contributed by atoms with Crippen LogP contribution in [0.2, 0.25) is 10.0 Å². The fourth-order valence-corrected chi connectivity index (χ4v) is 3.56. The first kappa shape index (κ1) is 23.7. The van der Waals surface area contributed by atoms with Crippen molar-refractivity contribution in [1.82, 2.24) is 15.2 Å². The van der Waals surface area contributed by atoms with E-state index in [9.17, 15) is 9.59 Å². The van der Waals surface area contributed by atoms with Crippen molar-refractivity contribution < 1.29 is 9.59 Å². The molecule has 0 bridgehead atoms. The molecule has 1 aromatic heterocycles. The third-order valence-corrected chi connectivity index (χ3v) is 5.90. The SMILES string of the molecule is O=C(N/N=C\c1cn(-c2ccccc2)nc1-c1ccc(Br)cc1)C(=O)Nc1ccc(Cl)c(Cl)c1. The highest BCUT2D eigenvalue weighted by Crippen LogP contribution is 2.25. The number of amides is 2. The maximum atomic E-state index is 12.2. The number of nitrogens with zero attached hydrogens (tertiary/aromatic N) is 3. The molecule has 0 saturated carbocycles.